The molecule has 0 atom stereocenters. The number of hydrogen-bond donors (Lipinski definition) is 1. The highest BCUT2D eigenvalue weighted by Crippen LogP contribution is 2.12. The minimum atomic E-state index is 0.352. The monoisotopic (exact) mass is 237 g/mol. The topological polar surface area (TPSA) is 70.3 Å². The maximum Gasteiger partial charge on any atom is 0.218 e. The Bertz CT molecular complexity index is 356. The van der Waals surface area contributed by atoms with Gasteiger partial charge in [0.25, 0.3) is 0 Å². The standard InChI is InChI=1S/C12H19N3O2/c1-3-5-6-7-17-12-8-10(13)14-11(15-12)9-16-4-2/h3,8H,1,4-7,9H2,2H3,(H2,13,14,15). The van der Waals surface area contributed by atoms with Crippen LogP contribution in [0.1, 0.15) is 25.6 Å². The summed E-state index contributed by atoms with van der Waals surface area (Å²) in [6.07, 6.45) is 3.69. The van der Waals surface area contributed by atoms with E-state index in [-0.39, 0.29) is 0 Å². The molecule has 2 N–H and O–H groups in total. The Morgan fingerprint density at radius 1 is 1.47 bits per heavy atom. The van der Waals surface area contributed by atoms with Gasteiger partial charge < -0.3 is 15.2 Å². The van der Waals surface area contributed by atoms with E-state index in [1.165, 1.54) is 0 Å². The molecule has 0 fully saturated rings. The first kappa shape index (κ1) is 13.4. The zero-order valence-electron chi connectivity index (χ0n) is 10.2. The van der Waals surface area contributed by atoms with E-state index in [9.17, 15) is 0 Å². The second-order valence-electron chi connectivity index (χ2n) is 3.46. The molecule has 0 aliphatic heterocycles. The van der Waals surface area contributed by atoms with Crippen molar-refractivity contribution in [3.63, 3.8) is 0 Å². The van der Waals surface area contributed by atoms with Crippen LogP contribution in [0.15, 0.2) is 18.7 Å². The number of ether oxygens (including phenoxy) is 2. The summed E-state index contributed by atoms with van der Waals surface area (Å²) < 4.78 is 10.7. The van der Waals surface area contributed by atoms with Crippen molar-refractivity contribution in [2.75, 3.05) is 18.9 Å². The molecule has 0 radical (unpaired) electrons. The molecule has 5 heteroatoms. The molecule has 0 amide bonds. The van der Waals surface area contributed by atoms with Crippen molar-refractivity contribution in [3.8, 4) is 5.88 Å². The zero-order chi connectivity index (χ0) is 12.5. The molecule has 17 heavy (non-hydrogen) atoms. The lowest BCUT2D eigenvalue weighted by Crippen LogP contribution is -2.06. The van der Waals surface area contributed by atoms with Gasteiger partial charge in [0.15, 0.2) is 5.82 Å². The predicted molar refractivity (Wildman–Crippen MR) is 66.7 cm³/mol. The van der Waals surface area contributed by atoms with Gasteiger partial charge in [-0.3, -0.25) is 0 Å². The van der Waals surface area contributed by atoms with Gasteiger partial charge in [0.05, 0.1) is 6.61 Å². The van der Waals surface area contributed by atoms with Crippen LogP contribution in [0.3, 0.4) is 0 Å². The van der Waals surface area contributed by atoms with Crippen LogP contribution >= 0.6 is 0 Å². The lowest BCUT2D eigenvalue weighted by atomic mass is 10.3. The van der Waals surface area contributed by atoms with Crippen LogP contribution in [0.4, 0.5) is 5.82 Å². The van der Waals surface area contributed by atoms with Crippen LogP contribution in [0.2, 0.25) is 0 Å². The summed E-state index contributed by atoms with van der Waals surface area (Å²) in [6, 6.07) is 1.61. The maximum atomic E-state index is 5.66. The van der Waals surface area contributed by atoms with Crippen molar-refractivity contribution in [2.45, 2.75) is 26.4 Å². The van der Waals surface area contributed by atoms with E-state index in [0.717, 1.165) is 12.8 Å². The van der Waals surface area contributed by atoms with Crippen LogP contribution in [0.25, 0.3) is 0 Å². The van der Waals surface area contributed by atoms with Crippen molar-refractivity contribution >= 4 is 5.82 Å². The molecule has 0 bridgehead atoms. The van der Waals surface area contributed by atoms with Gasteiger partial charge in [0.2, 0.25) is 5.88 Å². The number of aromatic nitrogens is 2. The Morgan fingerprint density at radius 2 is 2.29 bits per heavy atom. The highest BCUT2D eigenvalue weighted by molar-refractivity contribution is 5.32. The average molecular weight is 237 g/mol. The number of allylic oxidation sites excluding steroid dienone is 1. The lowest BCUT2D eigenvalue weighted by Gasteiger charge is -2.07. The van der Waals surface area contributed by atoms with Crippen LogP contribution in [0.5, 0.6) is 5.88 Å². The van der Waals surface area contributed by atoms with E-state index in [4.69, 9.17) is 15.2 Å². The summed E-state index contributed by atoms with van der Waals surface area (Å²) in [7, 11) is 0. The number of anilines is 1. The maximum absolute atomic E-state index is 5.66. The van der Waals surface area contributed by atoms with E-state index in [2.05, 4.69) is 16.5 Å². The summed E-state index contributed by atoms with van der Waals surface area (Å²) in [5.41, 5.74) is 5.66. The molecule has 0 unspecified atom stereocenters. The van der Waals surface area contributed by atoms with Gasteiger partial charge in [0.1, 0.15) is 12.4 Å². The van der Waals surface area contributed by atoms with Gasteiger partial charge in [-0.05, 0) is 19.8 Å². The van der Waals surface area contributed by atoms with E-state index in [1.807, 2.05) is 13.0 Å². The molecule has 94 valence electrons. The Labute approximate surface area is 102 Å². The van der Waals surface area contributed by atoms with Gasteiger partial charge in [-0.25, -0.2) is 4.98 Å². The van der Waals surface area contributed by atoms with E-state index >= 15 is 0 Å². The Morgan fingerprint density at radius 3 is 3.00 bits per heavy atom. The van der Waals surface area contributed by atoms with Gasteiger partial charge >= 0.3 is 0 Å². The van der Waals surface area contributed by atoms with E-state index in [0.29, 0.717) is 37.3 Å². The van der Waals surface area contributed by atoms with Gasteiger partial charge in [0, 0.05) is 12.7 Å². The normalized spacial score (nSPS) is 10.2. The van der Waals surface area contributed by atoms with E-state index < -0.39 is 0 Å². The first-order chi connectivity index (χ1) is 8.26. The fraction of sp³-hybridized carbons (Fsp3) is 0.500. The van der Waals surface area contributed by atoms with Crippen LogP contribution in [-0.4, -0.2) is 23.2 Å². The molecule has 1 aromatic heterocycles. The van der Waals surface area contributed by atoms with Crippen molar-refractivity contribution < 1.29 is 9.47 Å². The first-order valence-electron chi connectivity index (χ1n) is 5.71. The van der Waals surface area contributed by atoms with E-state index in [1.54, 1.807) is 6.07 Å². The lowest BCUT2D eigenvalue weighted by molar-refractivity contribution is 0.127. The first-order valence-corrected chi connectivity index (χ1v) is 5.71. The largest absolute Gasteiger partial charge is 0.478 e. The van der Waals surface area contributed by atoms with Gasteiger partial charge in [-0.1, -0.05) is 6.08 Å². The molecular weight excluding hydrogens is 218 g/mol. The SMILES string of the molecule is C=CCCCOc1cc(N)nc(COCC)n1. The second-order valence-corrected chi connectivity index (χ2v) is 3.46. The summed E-state index contributed by atoms with van der Waals surface area (Å²) in [5.74, 6) is 1.44. The molecule has 1 rings (SSSR count). The molecule has 1 heterocycles. The van der Waals surface area contributed by atoms with Crippen LogP contribution in [-0.2, 0) is 11.3 Å². The van der Waals surface area contributed by atoms with Crippen LogP contribution in [0, 0.1) is 0 Å². The summed E-state index contributed by atoms with van der Waals surface area (Å²) >= 11 is 0. The van der Waals surface area contributed by atoms with Gasteiger partial charge in [-0.15, -0.1) is 6.58 Å². The highest BCUT2D eigenvalue weighted by atomic mass is 16.5. The molecule has 0 aliphatic carbocycles. The molecule has 0 saturated carbocycles. The molecular formula is C12H19N3O2. The van der Waals surface area contributed by atoms with Crippen molar-refractivity contribution in [1.82, 2.24) is 9.97 Å². The molecule has 1 aromatic rings. The third-order valence-electron chi connectivity index (χ3n) is 2.01. The Hall–Kier alpha value is -1.62. The number of hydrogen-bond acceptors (Lipinski definition) is 5. The smallest absolute Gasteiger partial charge is 0.218 e. The molecule has 0 saturated heterocycles. The van der Waals surface area contributed by atoms with Crippen LogP contribution < -0.4 is 10.5 Å². The number of nitrogen functional groups attached to an aromatic ring is 1. The average Bonchev–Trinajstić information content (AvgIpc) is 2.31. The minimum absolute atomic E-state index is 0.352. The van der Waals surface area contributed by atoms with Crippen molar-refractivity contribution in [1.29, 1.82) is 0 Å². The fourth-order valence-electron chi connectivity index (χ4n) is 1.23. The number of nitrogens with two attached hydrogens (primary N) is 1. The number of unbranched alkanes of at least 4 members (excludes halogenated alkanes) is 1. The summed E-state index contributed by atoms with van der Waals surface area (Å²) in [4.78, 5) is 8.27. The highest BCUT2D eigenvalue weighted by Gasteiger charge is 2.03. The molecule has 5 nitrogen and oxygen atoms in total. The molecule has 0 spiro atoms. The Balaban J connectivity index is 2.52. The van der Waals surface area contributed by atoms with Crippen molar-refractivity contribution in [2.24, 2.45) is 0 Å². The fourth-order valence-corrected chi connectivity index (χ4v) is 1.23. The quantitative estimate of drug-likeness (QED) is 0.552. The Kier molecular flexibility index (Phi) is 6.03. The summed E-state index contributed by atoms with van der Waals surface area (Å²) in [5, 5.41) is 0. The minimum Gasteiger partial charge on any atom is -0.478 e. The molecule has 0 aliphatic rings. The molecule has 0 aromatic carbocycles. The zero-order valence-corrected chi connectivity index (χ0v) is 10.2. The number of nitrogens with zero attached hydrogens (tertiary/aromatic N) is 2. The third kappa shape index (κ3) is 5.31. The predicted octanol–water partition coefficient (Wildman–Crippen LogP) is 1.94. The third-order valence-corrected chi connectivity index (χ3v) is 2.01. The second kappa shape index (κ2) is 7.62. The van der Waals surface area contributed by atoms with Gasteiger partial charge in [-0.2, -0.15) is 4.98 Å². The number of rotatable bonds is 8. The summed E-state index contributed by atoms with van der Waals surface area (Å²) in [6.45, 7) is 7.13. The van der Waals surface area contributed by atoms with Crippen molar-refractivity contribution in [3.05, 3.63) is 24.5 Å².